The van der Waals surface area contributed by atoms with E-state index >= 15 is 0 Å². The third kappa shape index (κ3) is 2.32. The number of nitrogens with one attached hydrogen (secondary N) is 1. The van der Waals surface area contributed by atoms with E-state index in [1.54, 1.807) is 6.92 Å². The number of aryl methyl sites for hydroxylation is 1. The summed E-state index contributed by atoms with van der Waals surface area (Å²) < 4.78 is 26.0. The second kappa shape index (κ2) is 4.81. The van der Waals surface area contributed by atoms with Gasteiger partial charge in [0.25, 0.3) is 10.0 Å². The van der Waals surface area contributed by atoms with Gasteiger partial charge in [0.1, 0.15) is 11.6 Å². The average Bonchev–Trinajstić information content (AvgIpc) is 2.77. The molecule has 18 heavy (non-hydrogen) atoms. The predicted octanol–water partition coefficient (Wildman–Crippen LogP) is 0.708. The van der Waals surface area contributed by atoms with Gasteiger partial charge >= 0.3 is 0 Å². The monoisotopic (exact) mass is 271 g/mol. The average molecular weight is 271 g/mol. The zero-order chi connectivity index (χ0) is 13.3. The van der Waals surface area contributed by atoms with E-state index in [0.717, 1.165) is 0 Å². The Hall–Kier alpha value is -1.21. The van der Waals surface area contributed by atoms with Crippen molar-refractivity contribution in [2.45, 2.75) is 31.7 Å². The number of carbonyl (C=O) groups is 1. The highest BCUT2D eigenvalue weighted by atomic mass is 32.2. The summed E-state index contributed by atoms with van der Waals surface area (Å²) in [5.41, 5.74) is 0. The van der Waals surface area contributed by atoms with Crippen molar-refractivity contribution in [3.63, 3.8) is 0 Å². The Bertz CT molecular complexity index is 550. The molecule has 7 heteroatoms. The highest BCUT2D eigenvalue weighted by molar-refractivity contribution is 7.89. The molecule has 1 fully saturated rings. The van der Waals surface area contributed by atoms with Gasteiger partial charge in [-0.3, -0.25) is 4.79 Å². The molecule has 2 rings (SSSR count). The minimum Gasteiger partial charge on any atom is -0.332 e. The Morgan fingerprint density at radius 1 is 1.56 bits per heavy atom. The first-order valence-corrected chi connectivity index (χ1v) is 7.43. The SMILES string of the molecule is CCC1CN(S(=O)(=O)c2cnc(C)[nH]2)CCC1=O. The number of hydrogen-bond donors (Lipinski definition) is 1. The van der Waals surface area contributed by atoms with E-state index in [2.05, 4.69) is 9.97 Å². The zero-order valence-corrected chi connectivity index (χ0v) is 11.3. The van der Waals surface area contributed by atoms with Crippen LogP contribution in [-0.2, 0) is 14.8 Å². The van der Waals surface area contributed by atoms with Gasteiger partial charge in [0.15, 0.2) is 5.03 Å². The fraction of sp³-hybridized carbons (Fsp3) is 0.636. The quantitative estimate of drug-likeness (QED) is 0.877. The summed E-state index contributed by atoms with van der Waals surface area (Å²) in [6.45, 7) is 4.14. The number of sulfonamides is 1. The van der Waals surface area contributed by atoms with E-state index in [-0.39, 0.29) is 29.8 Å². The molecular weight excluding hydrogens is 254 g/mol. The lowest BCUT2D eigenvalue weighted by Crippen LogP contribution is -2.43. The molecule has 100 valence electrons. The van der Waals surface area contributed by atoms with E-state index < -0.39 is 10.0 Å². The van der Waals surface area contributed by atoms with Crippen molar-refractivity contribution in [2.24, 2.45) is 5.92 Å². The summed E-state index contributed by atoms with van der Waals surface area (Å²) in [6, 6.07) is 0. The van der Waals surface area contributed by atoms with Crippen LogP contribution in [0.5, 0.6) is 0 Å². The zero-order valence-electron chi connectivity index (χ0n) is 10.5. The number of rotatable bonds is 3. The summed E-state index contributed by atoms with van der Waals surface area (Å²) in [5.74, 6) is 0.538. The van der Waals surface area contributed by atoms with Crippen LogP contribution in [0.4, 0.5) is 0 Å². The van der Waals surface area contributed by atoms with E-state index in [1.807, 2.05) is 6.92 Å². The molecule has 1 unspecified atom stereocenters. The van der Waals surface area contributed by atoms with Gasteiger partial charge in [-0.15, -0.1) is 0 Å². The van der Waals surface area contributed by atoms with Crippen molar-refractivity contribution >= 4 is 15.8 Å². The van der Waals surface area contributed by atoms with Crippen molar-refractivity contribution < 1.29 is 13.2 Å². The molecule has 6 nitrogen and oxygen atoms in total. The van der Waals surface area contributed by atoms with Gasteiger partial charge in [-0.2, -0.15) is 4.31 Å². The van der Waals surface area contributed by atoms with Gasteiger partial charge in [-0.1, -0.05) is 6.92 Å². The van der Waals surface area contributed by atoms with Crippen molar-refractivity contribution in [2.75, 3.05) is 13.1 Å². The fourth-order valence-electron chi connectivity index (χ4n) is 2.12. The maximum absolute atomic E-state index is 12.3. The normalized spacial score (nSPS) is 22.3. The van der Waals surface area contributed by atoms with Crippen molar-refractivity contribution in [3.05, 3.63) is 12.0 Å². The van der Waals surface area contributed by atoms with Crippen LogP contribution in [0.25, 0.3) is 0 Å². The summed E-state index contributed by atoms with van der Waals surface area (Å²) in [4.78, 5) is 18.2. The molecule has 0 aromatic carbocycles. The van der Waals surface area contributed by atoms with Crippen LogP contribution in [0.2, 0.25) is 0 Å². The van der Waals surface area contributed by atoms with Crippen LogP contribution in [0.1, 0.15) is 25.6 Å². The Balaban J connectivity index is 2.23. The second-order valence-electron chi connectivity index (χ2n) is 4.52. The number of piperidine rings is 1. The smallest absolute Gasteiger partial charge is 0.260 e. The molecule has 1 atom stereocenters. The Labute approximate surface area is 106 Å². The minimum absolute atomic E-state index is 0.101. The van der Waals surface area contributed by atoms with Crippen LogP contribution in [0, 0.1) is 12.8 Å². The second-order valence-corrected chi connectivity index (χ2v) is 6.42. The minimum atomic E-state index is -3.54. The lowest BCUT2D eigenvalue weighted by atomic mass is 9.96. The number of aromatic nitrogens is 2. The molecule has 1 aromatic rings. The van der Waals surface area contributed by atoms with Crippen LogP contribution < -0.4 is 0 Å². The van der Waals surface area contributed by atoms with Crippen LogP contribution >= 0.6 is 0 Å². The maximum Gasteiger partial charge on any atom is 0.260 e. The lowest BCUT2D eigenvalue weighted by molar-refractivity contribution is -0.125. The van der Waals surface area contributed by atoms with E-state index in [0.29, 0.717) is 18.7 Å². The molecular formula is C11H17N3O3S. The molecule has 1 aliphatic heterocycles. The molecule has 1 saturated heterocycles. The van der Waals surface area contributed by atoms with E-state index in [1.165, 1.54) is 10.5 Å². The lowest BCUT2D eigenvalue weighted by Gasteiger charge is -2.29. The van der Waals surface area contributed by atoms with Crippen molar-refractivity contribution in [1.82, 2.24) is 14.3 Å². The largest absolute Gasteiger partial charge is 0.332 e. The number of carbonyl (C=O) groups excluding carboxylic acids is 1. The molecule has 0 bridgehead atoms. The van der Waals surface area contributed by atoms with Gasteiger partial charge < -0.3 is 4.98 Å². The highest BCUT2D eigenvalue weighted by Crippen LogP contribution is 2.22. The van der Waals surface area contributed by atoms with E-state index in [4.69, 9.17) is 0 Å². The standard InChI is InChI=1S/C11H17N3O3S/c1-3-9-7-14(5-4-10(9)15)18(16,17)11-6-12-8(2)13-11/h6,9H,3-5,7H2,1-2H3,(H,12,13). The highest BCUT2D eigenvalue weighted by Gasteiger charge is 2.34. The maximum atomic E-state index is 12.3. The summed E-state index contributed by atoms with van der Waals surface area (Å²) in [7, 11) is -3.54. The number of H-pyrrole nitrogens is 1. The Kier molecular flexibility index (Phi) is 3.54. The number of aromatic amines is 1. The van der Waals surface area contributed by atoms with Gasteiger partial charge in [0.2, 0.25) is 0 Å². The van der Waals surface area contributed by atoms with Crippen LogP contribution in [-0.4, -0.2) is 41.6 Å². The van der Waals surface area contributed by atoms with Crippen molar-refractivity contribution in [1.29, 1.82) is 0 Å². The first-order chi connectivity index (χ1) is 8.45. The molecule has 0 spiro atoms. The van der Waals surface area contributed by atoms with Crippen molar-refractivity contribution in [3.8, 4) is 0 Å². The van der Waals surface area contributed by atoms with Crippen LogP contribution in [0.3, 0.4) is 0 Å². The third-order valence-electron chi connectivity index (χ3n) is 3.28. The van der Waals surface area contributed by atoms with Gasteiger partial charge in [-0.25, -0.2) is 13.4 Å². The molecule has 1 aliphatic rings. The number of hydrogen-bond acceptors (Lipinski definition) is 4. The first-order valence-electron chi connectivity index (χ1n) is 5.99. The summed E-state index contributed by atoms with van der Waals surface area (Å²) in [6.07, 6.45) is 2.29. The first kappa shape index (κ1) is 13.2. The molecule has 2 heterocycles. The molecule has 1 aromatic heterocycles. The molecule has 0 aliphatic carbocycles. The number of ketones is 1. The van der Waals surface area contributed by atoms with Gasteiger partial charge in [0, 0.05) is 25.4 Å². The van der Waals surface area contributed by atoms with Gasteiger partial charge in [-0.05, 0) is 13.3 Å². The van der Waals surface area contributed by atoms with Gasteiger partial charge in [0.05, 0.1) is 6.20 Å². The molecule has 0 radical (unpaired) electrons. The molecule has 0 saturated carbocycles. The molecule has 0 amide bonds. The number of Topliss-reactive ketones (excluding diaryl/α,β-unsaturated/α-hetero) is 1. The third-order valence-corrected chi connectivity index (χ3v) is 5.05. The summed E-state index contributed by atoms with van der Waals surface area (Å²) in [5, 5.41) is 0.101. The summed E-state index contributed by atoms with van der Waals surface area (Å²) >= 11 is 0. The fourth-order valence-corrected chi connectivity index (χ4v) is 3.57. The Morgan fingerprint density at radius 2 is 2.28 bits per heavy atom. The topological polar surface area (TPSA) is 83.1 Å². The predicted molar refractivity (Wildman–Crippen MR) is 65.5 cm³/mol. The van der Waals surface area contributed by atoms with Crippen LogP contribution in [0.15, 0.2) is 11.2 Å². The molecule has 1 N–H and O–H groups in total. The Morgan fingerprint density at radius 3 is 2.83 bits per heavy atom. The van der Waals surface area contributed by atoms with E-state index in [9.17, 15) is 13.2 Å². The number of imidazole rings is 1. The number of nitrogens with zero attached hydrogens (tertiary/aromatic N) is 2.